The summed E-state index contributed by atoms with van der Waals surface area (Å²) in [5.41, 5.74) is 0.884. The van der Waals surface area contributed by atoms with Crippen molar-refractivity contribution in [2.24, 2.45) is 16.8 Å². The van der Waals surface area contributed by atoms with Crippen LogP contribution in [0.3, 0.4) is 0 Å². The van der Waals surface area contributed by atoms with E-state index in [0.29, 0.717) is 11.8 Å². The molecule has 0 saturated carbocycles. The molecule has 2 heteroatoms. The molecule has 1 atom stereocenters. The standard InChI is InChI=1S/C10H17NO/c1-6-10(12)11-9(5)8(4)7(2)3/h6-8H,1H2,2-5H3. The van der Waals surface area contributed by atoms with Crippen LogP contribution in [0.2, 0.25) is 0 Å². The number of rotatable bonds is 3. The molecule has 0 fully saturated rings. The lowest BCUT2D eigenvalue weighted by atomic mass is 9.94. The summed E-state index contributed by atoms with van der Waals surface area (Å²) in [5, 5.41) is 0. The van der Waals surface area contributed by atoms with Crippen LogP contribution in [0.25, 0.3) is 0 Å². The van der Waals surface area contributed by atoms with Crippen molar-refractivity contribution in [2.45, 2.75) is 27.7 Å². The predicted octanol–water partition coefficient (Wildman–Crippen LogP) is 2.45. The molecule has 0 aliphatic carbocycles. The van der Waals surface area contributed by atoms with E-state index in [2.05, 4.69) is 32.3 Å². The van der Waals surface area contributed by atoms with Crippen LogP contribution in [-0.2, 0) is 4.79 Å². The molecule has 0 saturated heterocycles. The Morgan fingerprint density at radius 3 is 2.25 bits per heavy atom. The molecule has 0 radical (unpaired) electrons. The number of carbonyl (C=O) groups excluding carboxylic acids is 1. The number of nitrogens with zero attached hydrogens (tertiary/aromatic N) is 1. The van der Waals surface area contributed by atoms with E-state index >= 15 is 0 Å². The van der Waals surface area contributed by atoms with Crippen LogP contribution in [0, 0.1) is 11.8 Å². The van der Waals surface area contributed by atoms with Crippen LogP contribution >= 0.6 is 0 Å². The first kappa shape index (κ1) is 11.1. The normalized spacial score (nSPS) is 14.6. The molecule has 0 heterocycles. The highest BCUT2D eigenvalue weighted by Crippen LogP contribution is 2.11. The second-order valence-corrected chi connectivity index (χ2v) is 3.33. The van der Waals surface area contributed by atoms with Crippen molar-refractivity contribution in [1.82, 2.24) is 0 Å². The SMILES string of the molecule is C=CC(=O)N=C(C)C(C)C(C)C. The first-order valence-electron chi connectivity index (χ1n) is 4.20. The van der Waals surface area contributed by atoms with Gasteiger partial charge in [0.05, 0.1) is 0 Å². The lowest BCUT2D eigenvalue weighted by molar-refractivity contribution is -0.113. The molecule has 2 nitrogen and oxygen atoms in total. The summed E-state index contributed by atoms with van der Waals surface area (Å²) in [6.07, 6.45) is 1.23. The summed E-state index contributed by atoms with van der Waals surface area (Å²) in [4.78, 5) is 14.7. The van der Waals surface area contributed by atoms with E-state index in [0.717, 1.165) is 5.71 Å². The maximum Gasteiger partial charge on any atom is 0.269 e. The molecule has 0 N–H and O–H groups in total. The molecule has 0 bridgehead atoms. The molecular weight excluding hydrogens is 150 g/mol. The quantitative estimate of drug-likeness (QED) is 0.469. The average molecular weight is 167 g/mol. The molecule has 0 rings (SSSR count). The zero-order valence-electron chi connectivity index (χ0n) is 8.29. The summed E-state index contributed by atoms with van der Waals surface area (Å²) in [7, 11) is 0. The maximum atomic E-state index is 10.8. The Hall–Kier alpha value is -0.920. The molecule has 0 aliphatic rings. The zero-order valence-corrected chi connectivity index (χ0v) is 8.29. The topological polar surface area (TPSA) is 29.4 Å². The highest BCUT2D eigenvalue weighted by atomic mass is 16.1. The second-order valence-electron chi connectivity index (χ2n) is 3.33. The van der Waals surface area contributed by atoms with Crippen LogP contribution in [0.1, 0.15) is 27.7 Å². The van der Waals surface area contributed by atoms with E-state index in [1.807, 2.05) is 6.92 Å². The zero-order chi connectivity index (χ0) is 9.72. The fourth-order valence-electron chi connectivity index (χ4n) is 0.804. The highest BCUT2D eigenvalue weighted by Gasteiger charge is 2.10. The highest BCUT2D eigenvalue weighted by molar-refractivity contribution is 6.00. The molecule has 0 aromatic heterocycles. The Bertz CT molecular complexity index is 204. The van der Waals surface area contributed by atoms with Gasteiger partial charge in [-0.05, 0) is 24.8 Å². The predicted molar refractivity (Wildman–Crippen MR) is 52.3 cm³/mol. The van der Waals surface area contributed by atoms with Gasteiger partial charge in [0, 0.05) is 5.71 Å². The molecule has 0 aromatic rings. The van der Waals surface area contributed by atoms with Crippen LogP contribution < -0.4 is 0 Å². The van der Waals surface area contributed by atoms with E-state index in [1.165, 1.54) is 6.08 Å². The van der Waals surface area contributed by atoms with Crippen molar-refractivity contribution >= 4 is 11.6 Å². The monoisotopic (exact) mass is 167 g/mol. The summed E-state index contributed by atoms with van der Waals surface area (Å²) < 4.78 is 0. The van der Waals surface area contributed by atoms with Crippen molar-refractivity contribution in [1.29, 1.82) is 0 Å². The van der Waals surface area contributed by atoms with Gasteiger partial charge in [0.15, 0.2) is 0 Å². The van der Waals surface area contributed by atoms with Gasteiger partial charge in [-0.15, -0.1) is 0 Å². The lowest BCUT2D eigenvalue weighted by Gasteiger charge is -2.14. The Morgan fingerprint density at radius 1 is 1.42 bits per heavy atom. The lowest BCUT2D eigenvalue weighted by Crippen LogP contribution is -2.14. The number of aliphatic imine (C=N–C) groups is 1. The first-order valence-corrected chi connectivity index (χ1v) is 4.20. The van der Waals surface area contributed by atoms with E-state index < -0.39 is 0 Å². The first-order chi connectivity index (χ1) is 5.49. The van der Waals surface area contributed by atoms with Gasteiger partial charge >= 0.3 is 0 Å². The van der Waals surface area contributed by atoms with Gasteiger partial charge in [0.25, 0.3) is 5.91 Å². The summed E-state index contributed by atoms with van der Waals surface area (Å²) >= 11 is 0. The van der Waals surface area contributed by atoms with E-state index in [1.54, 1.807) is 0 Å². The Labute approximate surface area is 74.4 Å². The molecule has 1 amide bonds. The molecular formula is C10H17NO. The minimum Gasteiger partial charge on any atom is -0.268 e. The van der Waals surface area contributed by atoms with Gasteiger partial charge in [0.1, 0.15) is 0 Å². The summed E-state index contributed by atoms with van der Waals surface area (Å²) in [6, 6.07) is 0. The summed E-state index contributed by atoms with van der Waals surface area (Å²) in [6.45, 7) is 11.5. The summed E-state index contributed by atoms with van der Waals surface area (Å²) in [5.74, 6) is 0.625. The molecule has 68 valence electrons. The van der Waals surface area contributed by atoms with Crippen LogP contribution in [0.15, 0.2) is 17.6 Å². The fraction of sp³-hybridized carbons (Fsp3) is 0.600. The largest absolute Gasteiger partial charge is 0.269 e. The molecule has 0 aromatic carbocycles. The van der Waals surface area contributed by atoms with Crippen LogP contribution in [-0.4, -0.2) is 11.6 Å². The second kappa shape index (κ2) is 4.86. The molecule has 12 heavy (non-hydrogen) atoms. The number of hydrogen-bond acceptors (Lipinski definition) is 1. The average Bonchev–Trinajstić information content (AvgIpc) is 2.02. The minimum atomic E-state index is -0.250. The van der Waals surface area contributed by atoms with Crippen LogP contribution in [0.4, 0.5) is 0 Å². The smallest absolute Gasteiger partial charge is 0.268 e. The minimum absolute atomic E-state index is 0.250. The number of hydrogen-bond donors (Lipinski definition) is 0. The van der Waals surface area contributed by atoms with Crippen molar-refractivity contribution in [3.63, 3.8) is 0 Å². The van der Waals surface area contributed by atoms with E-state index in [4.69, 9.17) is 0 Å². The third-order valence-corrected chi connectivity index (χ3v) is 2.12. The maximum absolute atomic E-state index is 10.8. The van der Waals surface area contributed by atoms with Crippen LogP contribution in [0.5, 0.6) is 0 Å². The third-order valence-electron chi connectivity index (χ3n) is 2.12. The molecule has 0 aliphatic heterocycles. The fourth-order valence-corrected chi connectivity index (χ4v) is 0.804. The number of carbonyl (C=O) groups is 1. The van der Waals surface area contributed by atoms with Crippen molar-refractivity contribution < 1.29 is 4.79 Å². The van der Waals surface area contributed by atoms with Crippen molar-refractivity contribution in [3.05, 3.63) is 12.7 Å². The van der Waals surface area contributed by atoms with Gasteiger partial charge < -0.3 is 0 Å². The van der Waals surface area contributed by atoms with Gasteiger partial charge in [-0.2, -0.15) is 0 Å². The van der Waals surface area contributed by atoms with Gasteiger partial charge in [-0.25, -0.2) is 4.99 Å². The third kappa shape index (κ3) is 3.46. The Balaban J connectivity index is 4.36. The Morgan fingerprint density at radius 2 is 1.92 bits per heavy atom. The van der Waals surface area contributed by atoms with Gasteiger partial charge in [0.2, 0.25) is 0 Å². The van der Waals surface area contributed by atoms with Crippen molar-refractivity contribution in [3.8, 4) is 0 Å². The van der Waals surface area contributed by atoms with E-state index in [9.17, 15) is 4.79 Å². The number of amides is 1. The molecule has 1 unspecified atom stereocenters. The van der Waals surface area contributed by atoms with Crippen molar-refractivity contribution in [2.75, 3.05) is 0 Å². The van der Waals surface area contributed by atoms with Gasteiger partial charge in [-0.1, -0.05) is 27.4 Å². The van der Waals surface area contributed by atoms with Gasteiger partial charge in [-0.3, -0.25) is 4.79 Å². The van der Waals surface area contributed by atoms with E-state index in [-0.39, 0.29) is 5.91 Å². The Kier molecular flexibility index (Phi) is 4.49. The molecule has 0 spiro atoms.